The molecule has 1 unspecified atom stereocenters. The summed E-state index contributed by atoms with van der Waals surface area (Å²) in [6.07, 6.45) is 4.77. The molecule has 1 heterocycles. The molecule has 1 aromatic rings. The Morgan fingerprint density at radius 3 is 2.38 bits per heavy atom. The van der Waals surface area contributed by atoms with E-state index in [0.29, 0.717) is 6.42 Å². The first-order chi connectivity index (χ1) is 10.2. The molecule has 21 heavy (non-hydrogen) atoms. The van der Waals surface area contributed by atoms with E-state index in [4.69, 9.17) is 4.74 Å². The highest BCUT2D eigenvalue weighted by molar-refractivity contribution is 5.34. The average molecular weight is 291 g/mol. The first kappa shape index (κ1) is 16.3. The Hall–Kier alpha value is -1.06. The first-order valence-corrected chi connectivity index (χ1v) is 8.23. The van der Waals surface area contributed by atoms with Crippen LogP contribution >= 0.6 is 0 Å². The zero-order valence-electron chi connectivity index (χ0n) is 13.6. The van der Waals surface area contributed by atoms with E-state index in [1.807, 2.05) is 18.2 Å². The van der Waals surface area contributed by atoms with Crippen LogP contribution in [-0.2, 0) is 6.42 Å². The summed E-state index contributed by atoms with van der Waals surface area (Å²) in [6.45, 7) is 6.63. The van der Waals surface area contributed by atoms with Crippen LogP contribution in [-0.4, -0.2) is 41.8 Å². The Bertz CT molecular complexity index is 437. The molecule has 1 fully saturated rings. The summed E-state index contributed by atoms with van der Waals surface area (Å²) in [4.78, 5) is 2.51. The lowest BCUT2D eigenvalue weighted by atomic mass is 9.81. The van der Waals surface area contributed by atoms with Gasteiger partial charge in [-0.05, 0) is 50.4 Å². The largest absolute Gasteiger partial charge is 0.496 e. The van der Waals surface area contributed by atoms with Crippen molar-refractivity contribution >= 4 is 0 Å². The molecule has 1 aliphatic heterocycles. The minimum atomic E-state index is -0.359. The van der Waals surface area contributed by atoms with Crippen molar-refractivity contribution in [2.45, 2.75) is 57.6 Å². The minimum Gasteiger partial charge on any atom is -0.496 e. The minimum absolute atomic E-state index is 0.0998. The zero-order chi connectivity index (χ0) is 15.3. The van der Waals surface area contributed by atoms with Crippen LogP contribution in [0.25, 0.3) is 0 Å². The third-order valence-corrected chi connectivity index (χ3v) is 5.19. The van der Waals surface area contributed by atoms with Crippen LogP contribution in [0.3, 0.4) is 0 Å². The predicted octanol–water partition coefficient (Wildman–Crippen LogP) is 3.25. The monoisotopic (exact) mass is 291 g/mol. The van der Waals surface area contributed by atoms with Crippen molar-refractivity contribution in [2.75, 3.05) is 20.2 Å². The van der Waals surface area contributed by atoms with Gasteiger partial charge in [-0.25, -0.2) is 0 Å². The van der Waals surface area contributed by atoms with Gasteiger partial charge in [-0.2, -0.15) is 0 Å². The molecule has 0 saturated carbocycles. The van der Waals surface area contributed by atoms with Crippen molar-refractivity contribution in [1.82, 2.24) is 4.90 Å². The summed E-state index contributed by atoms with van der Waals surface area (Å²) in [5, 5.41) is 11.0. The SMILES string of the molecule is CCC(CC)(C(O)Cc1ccccc1OC)N1CCCC1. The highest BCUT2D eigenvalue weighted by atomic mass is 16.5. The van der Waals surface area contributed by atoms with Gasteiger partial charge in [0.15, 0.2) is 0 Å². The van der Waals surface area contributed by atoms with Crippen molar-refractivity contribution < 1.29 is 9.84 Å². The van der Waals surface area contributed by atoms with Gasteiger partial charge in [0.1, 0.15) is 5.75 Å². The average Bonchev–Trinajstić information content (AvgIpc) is 3.04. The molecule has 0 bridgehead atoms. The lowest BCUT2D eigenvalue weighted by molar-refractivity contribution is -0.0272. The maximum absolute atomic E-state index is 11.0. The molecule has 2 rings (SSSR count). The van der Waals surface area contributed by atoms with Gasteiger partial charge in [0.25, 0.3) is 0 Å². The van der Waals surface area contributed by atoms with Gasteiger partial charge in [-0.1, -0.05) is 32.0 Å². The normalized spacial score (nSPS) is 17.9. The van der Waals surface area contributed by atoms with Crippen LogP contribution in [0.5, 0.6) is 5.75 Å². The molecule has 1 N–H and O–H groups in total. The van der Waals surface area contributed by atoms with Gasteiger partial charge in [0.2, 0.25) is 0 Å². The van der Waals surface area contributed by atoms with Crippen LogP contribution in [0.2, 0.25) is 0 Å². The number of methoxy groups -OCH3 is 1. The number of rotatable bonds is 7. The lowest BCUT2D eigenvalue weighted by Crippen LogP contribution is -2.55. The highest BCUT2D eigenvalue weighted by Gasteiger charge is 2.41. The fourth-order valence-electron chi connectivity index (χ4n) is 3.81. The van der Waals surface area contributed by atoms with E-state index in [1.165, 1.54) is 12.8 Å². The molecule has 1 saturated heterocycles. The maximum atomic E-state index is 11.0. The second-order valence-corrected chi connectivity index (χ2v) is 6.04. The first-order valence-electron chi connectivity index (χ1n) is 8.23. The standard InChI is InChI=1S/C18H29NO2/c1-4-18(5-2,19-12-8-9-13-19)17(20)14-15-10-6-7-11-16(15)21-3/h6-7,10-11,17,20H,4-5,8-9,12-14H2,1-3H3. The number of benzene rings is 1. The summed E-state index contributed by atoms with van der Waals surface area (Å²) in [5.41, 5.74) is 0.995. The van der Waals surface area contributed by atoms with Crippen molar-refractivity contribution in [3.05, 3.63) is 29.8 Å². The molecule has 0 aliphatic carbocycles. The van der Waals surface area contributed by atoms with Gasteiger partial charge < -0.3 is 9.84 Å². The summed E-state index contributed by atoms with van der Waals surface area (Å²) in [5.74, 6) is 0.874. The van der Waals surface area contributed by atoms with Crippen molar-refractivity contribution in [3.63, 3.8) is 0 Å². The number of likely N-dealkylation sites (tertiary alicyclic amines) is 1. The van der Waals surface area contributed by atoms with E-state index < -0.39 is 0 Å². The fourth-order valence-corrected chi connectivity index (χ4v) is 3.81. The topological polar surface area (TPSA) is 32.7 Å². The predicted molar refractivity (Wildman–Crippen MR) is 86.8 cm³/mol. The molecular weight excluding hydrogens is 262 g/mol. The molecule has 0 radical (unpaired) electrons. The third kappa shape index (κ3) is 3.24. The van der Waals surface area contributed by atoms with E-state index in [2.05, 4.69) is 24.8 Å². The second-order valence-electron chi connectivity index (χ2n) is 6.04. The molecular formula is C18H29NO2. The maximum Gasteiger partial charge on any atom is 0.122 e. The van der Waals surface area contributed by atoms with Crippen molar-refractivity contribution in [3.8, 4) is 5.75 Å². The van der Waals surface area contributed by atoms with Crippen LogP contribution in [0.15, 0.2) is 24.3 Å². The smallest absolute Gasteiger partial charge is 0.122 e. The number of para-hydroxylation sites is 1. The number of hydrogen-bond donors (Lipinski definition) is 1. The van der Waals surface area contributed by atoms with E-state index in [0.717, 1.165) is 37.2 Å². The Kier molecular flexibility index (Phi) is 5.65. The van der Waals surface area contributed by atoms with E-state index in [1.54, 1.807) is 7.11 Å². The number of hydrogen-bond acceptors (Lipinski definition) is 3. The third-order valence-electron chi connectivity index (χ3n) is 5.19. The molecule has 0 amide bonds. The Balaban J connectivity index is 2.20. The Morgan fingerprint density at radius 1 is 1.19 bits per heavy atom. The van der Waals surface area contributed by atoms with Gasteiger partial charge in [0, 0.05) is 12.0 Å². The molecule has 0 aromatic heterocycles. The van der Waals surface area contributed by atoms with Crippen LogP contribution in [0, 0.1) is 0 Å². The second kappa shape index (κ2) is 7.28. The number of nitrogens with zero attached hydrogens (tertiary/aromatic N) is 1. The van der Waals surface area contributed by atoms with Gasteiger partial charge in [-0.15, -0.1) is 0 Å². The Labute approximate surface area is 128 Å². The van der Waals surface area contributed by atoms with Gasteiger partial charge >= 0.3 is 0 Å². The molecule has 3 heteroatoms. The fraction of sp³-hybridized carbons (Fsp3) is 0.667. The molecule has 1 aliphatic rings. The zero-order valence-corrected chi connectivity index (χ0v) is 13.6. The van der Waals surface area contributed by atoms with E-state index >= 15 is 0 Å². The summed E-state index contributed by atoms with van der Waals surface area (Å²) < 4.78 is 5.43. The molecule has 3 nitrogen and oxygen atoms in total. The quantitative estimate of drug-likeness (QED) is 0.837. The van der Waals surface area contributed by atoms with E-state index in [9.17, 15) is 5.11 Å². The van der Waals surface area contributed by atoms with E-state index in [-0.39, 0.29) is 11.6 Å². The van der Waals surface area contributed by atoms with Gasteiger partial charge in [-0.3, -0.25) is 4.90 Å². The number of aliphatic hydroxyl groups excluding tert-OH is 1. The molecule has 1 atom stereocenters. The summed E-state index contributed by atoms with van der Waals surface area (Å²) >= 11 is 0. The van der Waals surface area contributed by atoms with Crippen LogP contribution in [0.4, 0.5) is 0 Å². The number of ether oxygens (including phenoxy) is 1. The summed E-state index contributed by atoms with van der Waals surface area (Å²) in [6, 6.07) is 8.02. The lowest BCUT2D eigenvalue weighted by Gasteiger charge is -2.44. The highest BCUT2D eigenvalue weighted by Crippen LogP contribution is 2.34. The van der Waals surface area contributed by atoms with Crippen LogP contribution < -0.4 is 4.74 Å². The van der Waals surface area contributed by atoms with Crippen molar-refractivity contribution in [1.29, 1.82) is 0 Å². The number of aliphatic hydroxyl groups is 1. The molecule has 0 spiro atoms. The molecule has 1 aromatic carbocycles. The van der Waals surface area contributed by atoms with Crippen LogP contribution in [0.1, 0.15) is 45.1 Å². The van der Waals surface area contributed by atoms with Crippen molar-refractivity contribution in [2.24, 2.45) is 0 Å². The molecule has 118 valence electrons. The summed E-state index contributed by atoms with van der Waals surface area (Å²) in [7, 11) is 1.69. The Morgan fingerprint density at radius 2 is 1.81 bits per heavy atom. The van der Waals surface area contributed by atoms with Gasteiger partial charge in [0.05, 0.1) is 13.2 Å².